The highest BCUT2D eigenvalue weighted by Crippen LogP contribution is 2.26. The van der Waals surface area contributed by atoms with Gasteiger partial charge in [-0.2, -0.15) is 0 Å². The summed E-state index contributed by atoms with van der Waals surface area (Å²) in [6, 6.07) is 7.26. The normalized spacial score (nSPS) is 11.5. The van der Waals surface area contributed by atoms with Gasteiger partial charge in [0.25, 0.3) is 0 Å². The molecule has 0 aliphatic heterocycles. The molecule has 0 bridgehead atoms. The molecule has 0 saturated carbocycles. The lowest BCUT2D eigenvalue weighted by Gasteiger charge is -2.20. The van der Waals surface area contributed by atoms with Gasteiger partial charge in [-0.3, -0.25) is 9.44 Å². The van der Waals surface area contributed by atoms with Gasteiger partial charge in [0.05, 0.1) is 23.9 Å². The quantitative estimate of drug-likeness (QED) is 0.340. The van der Waals surface area contributed by atoms with E-state index in [4.69, 9.17) is 10.5 Å². The van der Waals surface area contributed by atoms with E-state index in [-0.39, 0.29) is 6.54 Å². The molecule has 1 amide bonds. The second kappa shape index (κ2) is 13.6. The average molecular weight is 581 g/mol. The maximum atomic E-state index is 11.7. The van der Waals surface area contributed by atoms with Crippen LogP contribution in [0.25, 0.3) is 12.2 Å². The lowest BCUT2D eigenvalue weighted by atomic mass is 10.0. The highest BCUT2D eigenvalue weighted by atomic mass is 32.2. The molecule has 0 unspecified atom stereocenters. The summed E-state index contributed by atoms with van der Waals surface area (Å²) >= 11 is 0. The highest BCUT2D eigenvalue weighted by molar-refractivity contribution is 7.92. The van der Waals surface area contributed by atoms with Crippen molar-refractivity contribution in [3.8, 4) is 0 Å². The van der Waals surface area contributed by atoms with E-state index in [1.165, 1.54) is 0 Å². The second-order valence-electron chi connectivity index (χ2n) is 9.97. The van der Waals surface area contributed by atoms with Gasteiger partial charge >= 0.3 is 6.09 Å². The van der Waals surface area contributed by atoms with Crippen LogP contribution in [0.2, 0.25) is 0 Å². The highest BCUT2D eigenvalue weighted by Gasteiger charge is 2.16. The molecule has 2 aromatic carbocycles. The van der Waals surface area contributed by atoms with Crippen LogP contribution in [-0.2, 0) is 37.9 Å². The summed E-state index contributed by atoms with van der Waals surface area (Å²) in [5.74, 6) is 0. The molecule has 2 rings (SSSR count). The van der Waals surface area contributed by atoms with Crippen LogP contribution >= 0.6 is 0 Å². The number of hydrogen-bond acceptors (Lipinski definition) is 7. The van der Waals surface area contributed by atoms with E-state index in [0.717, 1.165) is 40.3 Å². The SMILES string of the molecule is C=Cc1cc(CN)cc(C)c1NS(C)(=O)=O.C=Cc1cc(CNC(=O)OC(C)(C)C)cc(C)c1NS(C)(=O)=O. The Balaban J connectivity index is 0.000000416. The van der Waals surface area contributed by atoms with Crippen LogP contribution < -0.4 is 20.5 Å². The van der Waals surface area contributed by atoms with E-state index in [1.807, 2.05) is 19.1 Å². The molecule has 0 radical (unpaired) electrons. The zero-order valence-electron chi connectivity index (χ0n) is 23.6. The Morgan fingerprint density at radius 2 is 1.28 bits per heavy atom. The maximum absolute atomic E-state index is 11.7. The molecule has 39 heavy (non-hydrogen) atoms. The minimum atomic E-state index is -3.38. The van der Waals surface area contributed by atoms with Crippen molar-refractivity contribution in [2.75, 3.05) is 22.0 Å². The summed E-state index contributed by atoms with van der Waals surface area (Å²) in [6.45, 7) is 17.0. The largest absolute Gasteiger partial charge is 0.444 e. The van der Waals surface area contributed by atoms with Gasteiger partial charge in [0.1, 0.15) is 5.60 Å². The molecular formula is C27H40N4O6S2. The molecule has 2 aromatic rings. The monoisotopic (exact) mass is 580 g/mol. The van der Waals surface area contributed by atoms with Crippen LogP contribution in [0.4, 0.5) is 16.2 Å². The summed E-state index contributed by atoms with van der Waals surface area (Å²) in [6.07, 6.45) is 4.89. The third-order valence-corrected chi connectivity index (χ3v) is 6.09. The van der Waals surface area contributed by atoms with Crippen LogP contribution in [0.15, 0.2) is 37.4 Å². The molecule has 0 atom stereocenters. The standard InChI is InChI=1S/C16H24N2O4S.C11H16N2O2S/c1-7-13-9-12(10-17-15(19)22-16(3,4)5)8-11(2)14(13)18-23(6,20)21;1-4-10-6-9(7-12)5-8(2)11(10)13-16(3,14)15/h7-9,18H,1,10H2,2-6H3,(H,17,19);4-6,13H,1,7,12H2,2-3H3. The summed E-state index contributed by atoms with van der Waals surface area (Å²) in [5.41, 5.74) is 10.8. The number of alkyl carbamates (subject to hydrolysis) is 1. The van der Waals surface area contributed by atoms with E-state index in [9.17, 15) is 21.6 Å². The topological polar surface area (TPSA) is 157 Å². The van der Waals surface area contributed by atoms with E-state index in [1.54, 1.807) is 52.0 Å². The average Bonchev–Trinajstić information content (AvgIpc) is 2.78. The van der Waals surface area contributed by atoms with Crippen LogP contribution in [0.1, 0.15) is 54.2 Å². The van der Waals surface area contributed by atoms with E-state index in [2.05, 4.69) is 27.9 Å². The number of nitrogens with two attached hydrogens (primary N) is 1. The molecule has 216 valence electrons. The maximum Gasteiger partial charge on any atom is 0.407 e. The molecule has 10 nitrogen and oxygen atoms in total. The number of amides is 1. The first-order valence-electron chi connectivity index (χ1n) is 11.9. The summed E-state index contributed by atoms with van der Waals surface area (Å²) < 4.78 is 55.4. The zero-order chi connectivity index (χ0) is 30.2. The number of aryl methyl sites for hydroxylation is 2. The Morgan fingerprint density at radius 3 is 1.64 bits per heavy atom. The summed E-state index contributed by atoms with van der Waals surface area (Å²) in [5, 5.41) is 2.67. The van der Waals surface area contributed by atoms with Crippen LogP contribution in [0.5, 0.6) is 0 Å². The third-order valence-electron chi connectivity index (χ3n) is 4.94. The van der Waals surface area contributed by atoms with Gasteiger partial charge in [-0.05, 0) is 80.1 Å². The number of nitrogens with one attached hydrogen (secondary N) is 3. The van der Waals surface area contributed by atoms with Gasteiger partial charge in [-0.15, -0.1) is 0 Å². The first-order chi connectivity index (χ1) is 17.8. The molecule has 0 aliphatic rings. The molecule has 0 heterocycles. The first-order valence-corrected chi connectivity index (χ1v) is 15.7. The molecular weight excluding hydrogens is 540 g/mol. The predicted octanol–water partition coefficient (Wildman–Crippen LogP) is 4.50. The molecule has 0 fully saturated rings. The zero-order valence-corrected chi connectivity index (χ0v) is 25.3. The van der Waals surface area contributed by atoms with Gasteiger partial charge in [0.15, 0.2) is 0 Å². The minimum absolute atomic E-state index is 0.274. The fraction of sp³-hybridized carbons (Fsp3) is 0.370. The van der Waals surface area contributed by atoms with Gasteiger partial charge in [0, 0.05) is 13.1 Å². The number of benzene rings is 2. The van der Waals surface area contributed by atoms with Crippen molar-refractivity contribution in [1.82, 2.24) is 5.32 Å². The summed E-state index contributed by atoms with van der Waals surface area (Å²) in [4.78, 5) is 11.7. The van der Waals surface area contributed by atoms with Crippen LogP contribution in [-0.4, -0.2) is 41.0 Å². The predicted molar refractivity (Wildman–Crippen MR) is 160 cm³/mol. The molecule has 0 spiro atoms. The van der Waals surface area contributed by atoms with E-state index < -0.39 is 31.7 Å². The number of rotatable bonds is 9. The number of carbonyl (C=O) groups excluding carboxylic acids is 1. The smallest absolute Gasteiger partial charge is 0.407 e. The molecule has 5 N–H and O–H groups in total. The minimum Gasteiger partial charge on any atom is -0.444 e. The number of hydrogen-bond donors (Lipinski definition) is 4. The van der Waals surface area contributed by atoms with Gasteiger partial charge in [-0.25, -0.2) is 21.6 Å². The Labute approximate surface area is 232 Å². The van der Waals surface area contributed by atoms with Crippen LogP contribution in [0.3, 0.4) is 0 Å². The van der Waals surface area contributed by atoms with Gasteiger partial charge in [-0.1, -0.05) is 37.4 Å². The molecule has 0 saturated heterocycles. The van der Waals surface area contributed by atoms with E-state index in [0.29, 0.717) is 23.5 Å². The summed E-state index contributed by atoms with van der Waals surface area (Å²) in [7, 11) is -6.66. The van der Waals surface area contributed by atoms with Crippen molar-refractivity contribution in [2.24, 2.45) is 5.73 Å². The van der Waals surface area contributed by atoms with Crippen molar-refractivity contribution in [1.29, 1.82) is 0 Å². The molecule has 0 aliphatic carbocycles. The van der Waals surface area contributed by atoms with Crippen molar-refractivity contribution < 1.29 is 26.4 Å². The lowest BCUT2D eigenvalue weighted by molar-refractivity contribution is 0.0523. The third kappa shape index (κ3) is 12.4. The Morgan fingerprint density at radius 1 is 0.872 bits per heavy atom. The Kier molecular flexibility index (Phi) is 11.8. The Hall–Kier alpha value is -3.35. The number of sulfonamides is 2. The van der Waals surface area contributed by atoms with Crippen molar-refractivity contribution in [3.05, 3.63) is 70.8 Å². The fourth-order valence-corrected chi connectivity index (χ4v) is 4.76. The van der Waals surface area contributed by atoms with Crippen molar-refractivity contribution in [2.45, 2.75) is 53.3 Å². The van der Waals surface area contributed by atoms with Crippen LogP contribution in [0, 0.1) is 13.8 Å². The van der Waals surface area contributed by atoms with Gasteiger partial charge in [0.2, 0.25) is 20.0 Å². The van der Waals surface area contributed by atoms with Crippen molar-refractivity contribution >= 4 is 49.7 Å². The molecule has 12 heteroatoms. The second-order valence-corrected chi connectivity index (χ2v) is 13.5. The Bertz CT molecular complexity index is 1430. The van der Waals surface area contributed by atoms with E-state index >= 15 is 0 Å². The van der Waals surface area contributed by atoms with Gasteiger partial charge < -0.3 is 15.8 Å². The lowest BCUT2D eigenvalue weighted by Crippen LogP contribution is -2.32. The number of ether oxygens (including phenoxy) is 1. The number of carbonyl (C=O) groups is 1. The molecule has 0 aromatic heterocycles. The fourth-order valence-electron chi connectivity index (χ4n) is 3.46. The number of anilines is 2. The van der Waals surface area contributed by atoms with Crippen molar-refractivity contribution in [3.63, 3.8) is 0 Å². The first kappa shape index (κ1) is 33.7.